The molecule has 5 heteroatoms. The molecule has 80 valence electrons. The van der Waals surface area contributed by atoms with Gasteiger partial charge in [0.1, 0.15) is 6.61 Å². The van der Waals surface area contributed by atoms with Gasteiger partial charge in [0.2, 0.25) is 0 Å². The lowest BCUT2D eigenvalue weighted by molar-refractivity contribution is 0.264. The van der Waals surface area contributed by atoms with Crippen molar-refractivity contribution >= 4 is 21.4 Å². The van der Waals surface area contributed by atoms with E-state index in [0.29, 0.717) is 11.7 Å². The van der Waals surface area contributed by atoms with Gasteiger partial charge >= 0.3 is 0 Å². The molecule has 2 aromatic heterocycles. The number of aromatic nitrogens is 2. The minimum absolute atomic E-state index is 0.200. The van der Waals surface area contributed by atoms with E-state index in [1.165, 1.54) is 4.70 Å². The Morgan fingerprint density at radius 3 is 2.94 bits per heavy atom. The van der Waals surface area contributed by atoms with E-state index in [4.69, 9.17) is 9.63 Å². The van der Waals surface area contributed by atoms with Crippen molar-refractivity contribution in [2.45, 2.75) is 6.61 Å². The van der Waals surface area contributed by atoms with Crippen molar-refractivity contribution < 1.29 is 9.63 Å². The minimum atomic E-state index is -0.200. The summed E-state index contributed by atoms with van der Waals surface area (Å²) < 4.78 is 6.24. The summed E-state index contributed by atoms with van der Waals surface area (Å²) in [5.74, 6) is 0.776. The van der Waals surface area contributed by atoms with Crippen molar-refractivity contribution in [1.82, 2.24) is 10.1 Å². The first-order valence-corrected chi connectivity index (χ1v) is 5.61. The molecule has 0 aliphatic rings. The van der Waals surface area contributed by atoms with Crippen LogP contribution in [-0.4, -0.2) is 15.2 Å². The molecule has 2 heterocycles. The highest BCUT2D eigenvalue weighted by atomic mass is 32.1. The van der Waals surface area contributed by atoms with E-state index in [9.17, 15) is 0 Å². The molecule has 0 atom stereocenters. The maximum atomic E-state index is 8.86. The summed E-state index contributed by atoms with van der Waals surface area (Å²) in [5.41, 5.74) is 0. The number of benzene rings is 1. The second-order valence-corrected chi connectivity index (χ2v) is 4.41. The summed E-state index contributed by atoms with van der Waals surface area (Å²) >= 11 is 1.60. The third kappa shape index (κ3) is 1.50. The molecule has 0 saturated carbocycles. The smallest absolute Gasteiger partial charge is 0.268 e. The second kappa shape index (κ2) is 3.70. The molecule has 0 fully saturated rings. The zero-order valence-corrected chi connectivity index (χ0v) is 9.07. The third-order valence-electron chi connectivity index (χ3n) is 2.25. The number of fused-ring (bicyclic) bond motifs is 1. The highest BCUT2D eigenvalue weighted by Gasteiger charge is 2.11. The first kappa shape index (κ1) is 9.50. The monoisotopic (exact) mass is 232 g/mol. The van der Waals surface area contributed by atoms with Crippen molar-refractivity contribution in [2.75, 3.05) is 0 Å². The largest absolute Gasteiger partial charge is 0.388 e. The zero-order valence-electron chi connectivity index (χ0n) is 8.25. The summed E-state index contributed by atoms with van der Waals surface area (Å²) in [5, 5.41) is 13.7. The second-order valence-electron chi connectivity index (χ2n) is 3.32. The number of nitrogens with zero attached hydrogens (tertiary/aromatic N) is 2. The predicted octanol–water partition coefficient (Wildman–Crippen LogP) is 2.44. The van der Waals surface area contributed by atoms with E-state index in [0.717, 1.165) is 10.3 Å². The van der Waals surface area contributed by atoms with Gasteiger partial charge in [-0.15, -0.1) is 11.3 Å². The molecular formula is C11H8N2O2S. The van der Waals surface area contributed by atoms with Crippen LogP contribution in [0.15, 0.2) is 34.9 Å². The fourth-order valence-corrected chi connectivity index (χ4v) is 2.49. The Labute approximate surface area is 95.2 Å². The lowest BCUT2D eigenvalue weighted by Gasteiger charge is -1.82. The molecule has 0 radical (unpaired) electrons. The number of hydrogen-bond acceptors (Lipinski definition) is 5. The molecule has 1 N–H and O–H groups in total. The molecule has 0 aliphatic carbocycles. The fraction of sp³-hybridized carbons (Fsp3) is 0.0909. The van der Waals surface area contributed by atoms with Gasteiger partial charge in [-0.1, -0.05) is 23.4 Å². The van der Waals surface area contributed by atoms with Gasteiger partial charge in [0.05, 0.1) is 4.88 Å². The maximum Gasteiger partial charge on any atom is 0.268 e. The van der Waals surface area contributed by atoms with Crippen molar-refractivity contribution in [3.05, 3.63) is 36.2 Å². The summed E-state index contributed by atoms with van der Waals surface area (Å²) in [7, 11) is 0. The van der Waals surface area contributed by atoms with Crippen LogP contribution in [-0.2, 0) is 6.61 Å². The van der Waals surface area contributed by atoms with Crippen LogP contribution in [0.25, 0.3) is 20.9 Å². The van der Waals surface area contributed by atoms with Gasteiger partial charge in [-0.25, -0.2) is 0 Å². The standard InChI is InChI=1S/C11H8N2O2S/c14-6-10-12-11(15-13-10)9-5-7-3-1-2-4-8(7)16-9/h1-5,14H,6H2. The van der Waals surface area contributed by atoms with Gasteiger partial charge in [0.25, 0.3) is 5.89 Å². The van der Waals surface area contributed by atoms with Gasteiger partial charge in [-0.2, -0.15) is 4.98 Å². The van der Waals surface area contributed by atoms with Crippen LogP contribution >= 0.6 is 11.3 Å². The van der Waals surface area contributed by atoms with Crippen LogP contribution in [0.5, 0.6) is 0 Å². The third-order valence-corrected chi connectivity index (χ3v) is 3.35. The van der Waals surface area contributed by atoms with Crippen molar-refractivity contribution in [3.63, 3.8) is 0 Å². The lowest BCUT2D eigenvalue weighted by atomic mass is 10.2. The van der Waals surface area contributed by atoms with Crippen molar-refractivity contribution in [1.29, 1.82) is 0 Å². The summed E-state index contributed by atoms with van der Waals surface area (Å²) in [6, 6.07) is 10.1. The average Bonchev–Trinajstić information content (AvgIpc) is 2.95. The molecule has 4 nitrogen and oxygen atoms in total. The number of hydrogen-bond donors (Lipinski definition) is 1. The van der Waals surface area contributed by atoms with E-state index in [1.807, 2.05) is 30.3 Å². The predicted molar refractivity (Wildman–Crippen MR) is 61.0 cm³/mol. The zero-order chi connectivity index (χ0) is 11.0. The Hall–Kier alpha value is -1.72. The fourth-order valence-electron chi connectivity index (χ4n) is 1.51. The van der Waals surface area contributed by atoms with E-state index in [1.54, 1.807) is 11.3 Å². The van der Waals surface area contributed by atoms with Crippen molar-refractivity contribution in [2.24, 2.45) is 0 Å². The first-order valence-electron chi connectivity index (χ1n) is 4.79. The molecule has 0 aliphatic heterocycles. The number of aliphatic hydroxyl groups is 1. The SMILES string of the molecule is OCc1noc(-c2cc3ccccc3s2)n1. The average molecular weight is 232 g/mol. The molecule has 0 spiro atoms. The number of aliphatic hydroxyl groups excluding tert-OH is 1. The highest BCUT2D eigenvalue weighted by Crippen LogP contribution is 2.32. The molecule has 0 unspecified atom stereocenters. The Morgan fingerprint density at radius 2 is 2.19 bits per heavy atom. The van der Waals surface area contributed by atoms with E-state index in [-0.39, 0.29) is 6.61 Å². The summed E-state index contributed by atoms with van der Waals surface area (Å²) in [6.07, 6.45) is 0. The van der Waals surface area contributed by atoms with Crippen LogP contribution in [0, 0.1) is 0 Å². The molecule has 0 bridgehead atoms. The molecule has 1 aromatic carbocycles. The van der Waals surface area contributed by atoms with Crippen LogP contribution in [0.1, 0.15) is 5.82 Å². The van der Waals surface area contributed by atoms with Crippen molar-refractivity contribution in [3.8, 4) is 10.8 Å². The normalized spacial score (nSPS) is 11.1. The van der Waals surface area contributed by atoms with Crippen LogP contribution in [0.2, 0.25) is 0 Å². The van der Waals surface area contributed by atoms with E-state index >= 15 is 0 Å². The Balaban J connectivity index is 2.11. The maximum absolute atomic E-state index is 8.86. The molecule has 3 aromatic rings. The number of thiophene rings is 1. The van der Waals surface area contributed by atoms with Crippen LogP contribution in [0.3, 0.4) is 0 Å². The van der Waals surface area contributed by atoms with Gasteiger partial charge < -0.3 is 9.63 Å². The van der Waals surface area contributed by atoms with E-state index in [2.05, 4.69) is 10.1 Å². The van der Waals surface area contributed by atoms with Gasteiger partial charge in [0, 0.05) is 4.70 Å². The number of rotatable bonds is 2. The van der Waals surface area contributed by atoms with Crippen LogP contribution in [0.4, 0.5) is 0 Å². The quantitative estimate of drug-likeness (QED) is 0.737. The van der Waals surface area contributed by atoms with Gasteiger partial charge in [-0.05, 0) is 17.5 Å². The molecule has 0 amide bonds. The molecule has 16 heavy (non-hydrogen) atoms. The first-order chi connectivity index (χ1) is 7.86. The Bertz CT molecular complexity index is 596. The van der Waals surface area contributed by atoms with Gasteiger partial charge in [-0.3, -0.25) is 0 Å². The summed E-state index contributed by atoms with van der Waals surface area (Å²) in [6.45, 7) is -0.200. The Morgan fingerprint density at radius 1 is 1.31 bits per heavy atom. The molecule has 0 saturated heterocycles. The minimum Gasteiger partial charge on any atom is -0.388 e. The van der Waals surface area contributed by atoms with Gasteiger partial charge in [0.15, 0.2) is 5.82 Å². The molecular weight excluding hydrogens is 224 g/mol. The highest BCUT2D eigenvalue weighted by molar-refractivity contribution is 7.22. The topological polar surface area (TPSA) is 59.2 Å². The Kier molecular flexibility index (Phi) is 2.19. The van der Waals surface area contributed by atoms with E-state index < -0.39 is 0 Å². The van der Waals surface area contributed by atoms with Crippen LogP contribution < -0.4 is 0 Å². The summed E-state index contributed by atoms with van der Waals surface area (Å²) in [4.78, 5) is 5.00. The lowest BCUT2D eigenvalue weighted by Crippen LogP contribution is -1.83. The molecule has 3 rings (SSSR count).